The molecule has 0 saturated heterocycles. The van der Waals surface area contributed by atoms with Crippen molar-refractivity contribution in [2.75, 3.05) is 19.6 Å². The Kier molecular flexibility index (Phi) is 12.3. The van der Waals surface area contributed by atoms with E-state index in [0.717, 1.165) is 37.7 Å². The Bertz CT molecular complexity index is 769. The van der Waals surface area contributed by atoms with Gasteiger partial charge in [-0.3, -0.25) is 0 Å². The third-order valence-electron chi connectivity index (χ3n) is 4.21. The van der Waals surface area contributed by atoms with Crippen molar-refractivity contribution in [3.63, 3.8) is 0 Å². The molecule has 2 N–H and O–H groups in total. The number of nitrogens with one attached hydrogen (secondary N) is 2. The molecule has 0 spiro atoms. The average molecular weight is 533 g/mol. The highest BCUT2D eigenvalue weighted by Crippen LogP contribution is 2.15. The first kappa shape index (κ1) is 26.1. The summed E-state index contributed by atoms with van der Waals surface area (Å²) >= 11 is 0. The summed E-state index contributed by atoms with van der Waals surface area (Å²) in [5.74, 6) is 2.60. The van der Waals surface area contributed by atoms with Crippen molar-refractivity contribution in [1.29, 1.82) is 0 Å². The first-order chi connectivity index (χ1) is 14.0. The minimum atomic E-state index is -0.308. The van der Waals surface area contributed by atoms with E-state index in [1.54, 1.807) is 12.1 Å². The predicted octanol–water partition coefficient (Wildman–Crippen LogP) is 4.30. The number of ether oxygens (including phenoxy) is 1. The van der Waals surface area contributed by atoms with Gasteiger partial charge in [-0.25, -0.2) is 9.38 Å². The molecule has 2 aromatic rings. The minimum absolute atomic E-state index is 0. The normalized spacial score (nSPS) is 12.4. The van der Waals surface area contributed by atoms with Crippen LogP contribution in [-0.2, 0) is 6.42 Å². The van der Waals surface area contributed by atoms with Crippen LogP contribution in [0.15, 0.2) is 33.8 Å². The van der Waals surface area contributed by atoms with Gasteiger partial charge in [0.25, 0.3) is 0 Å². The fraction of sp³-hybridized carbons (Fsp3) is 0.571. The second-order valence-corrected chi connectivity index (χ2v) is 7.06. The van der Waals surface area contributed by atoms with Crippen molar-refractivity contribution < 1.29 is 13.7 Å². The van der Waals surface area contributed by atoms with E-state index in [9.17, 15) is 4.39 Å². The van der Waals surface area contributed by atoms with Crippen molar-refractivity contribution in [3.05, 3.63) is 41.8 Å². The minimum Gasteiger partial charge on any atom is -0.488 e. The molecule has 0 saturated carbocycles. The summed E-state index contributed by atoms with van der Waals surface area (Å²) < 4.78 is 24.4. The third kappa shape index (κ3) is 9.27. The van der Waals surface area contributed by atoms with Crippen LogP contribution in [0.2, 0.25) is 0 Å². The van der Waals surface area contributed by atoms with Gasteiger partial charge in [0, 0.05) is 31.5 Å². The highest BCUT2D eigenvalue weighted by Gasteiger charge is 2.10. The summed E-state index contributed by atoms with van der Waals surface area (Å²) in [5.41, 5.74) is 0. The first-order valence-electron chi connectivity index (χ1n) is 10.3. The van der Waals surface area contributed by atoms with Crippen molar-refractivity contribution >= 4 is 29.9 Å². The molecule has 0 aliphatic carbocycles. The molecule has 1 atom stereocenters. The molecule has 7 nitrogen and oxygen atoms in total. The maximum absolute atomic E-state index is 13.3. The van der Waals surface area contributed by atoms with Crippen LogP contribution in [0.1, 0.15) is 58.2 Å². The molecule has 0 bridgehead atoms. The lowest BCUT2D eigenvalue weighted by Crippen LogP contribution is -2.38. The summed E-state index contributed by atoms with van der Waals surface area (Å²) in [6.45, 7) is 10.1. The van der Waals surface area contributed by atoms with Gasteiger partial charge in [-0.05, 0) is 31.9 Å². The van der Waals surface area contributed by atoms with E-state index in [0.29, 0.717) is 24.6 Å². The summed E-state index contributed by atoms with van der Waals surface area (Å²) in [5, 5.41) is 10.5. The van der Waals surface area contributed by atoms with E-state index in [4.69, 9.17) is 9.26 Å². The average Bonchev–Trinajstić information content (AvgIpc) is 3.17. The molecular weight excluding hydrogens is 500 g/mol. The van der Waals surface area contributed by atoms with Gasteiger partial charge in [-0.15, -0.1) is 24.0 Å². The Labute approximate surface area is 195 Å². The van der Waals surface area contributed by atoms with Gasteiger partial charge in [0.15, 0.2) is 11.8 Å². The summed E-state index contributed by atoms with van der Waals surface area (Å²) in [4.78, 5) is 8.98. The first-order valence-corrected chi connectivity index (χ1v) is 10.3. The van der Waals surface area contributed by atoms with Crippen molar-refractivity contribution in [2.24, 2.45) is 4.99 Å². The summed E-state index contributed by atoms with van der Waals surface area (Å²) in [7, 11) is 0. The quantitative estimate of drug-likeness (QED) is 0.194. The fourth-order valence-corrected chi connectivity index (χ4v) is 2.57. The maximum atomic E-state index is 13.3. The number of halogens is 2. The smallest absolute Gasteiger partial charge is 0.226 e. The lowest BCUT2D eigenvalue weighted by atomic mass is 10.2. The molecular formula is C21H33FIN5O2. The van der Waals surface area contributed by atoms with Gasteiger partial charge in [0.1, 0.15) is 17.7 Å². The van der Waals surface area contributed by atoms with Crippen LogP contribution in [0.4, 0.5) is 4.39 Å². The second-order valence-electron chi connectivity index (χ2n) is 7.06. The van der Waals surface area contributed by atoms with E-state index >= 15 is 0 Å². The molecule has 0 amide bonds. The van der Waals surface area contributed by atoms with E-state index in [-0.39, 0.29) is 41.8 Å². The molecule has 168 valence electrons. The molecule has 0 aliphatic rings. The van der Waals surface area contributed by atoms with E-state index in [2.05, 4.69) is 25.8 Å². The maximum Gasteiger partial charge on any atom is 0.226 e. The monoisotopic (exact) mass is 533 g/mol. The zero-order chi connectivity index (χ0) is 21.1. The molecule has 0 radical (unpaired) electrons. The van der Waals surface area contributed by atoms with Gasteiger partial charge in [-0.2, -0.15) is 4.98 Å². The van der Waals surface area contributed by atoms with Gasteiger partial charge in [0.05, 0.1) is 6.54 Å². The van der Waals surface area contributed by atoms with Crippen LogP contribution >= 0.6 is 24.0 Å². The number of hydrogen-bond acceptors (Lipinski definition) is 5. The van der Waals surface area contributed by atoms with E-state index < -0.39 is 0 Å². The Morgan fingerprint density at radius 1 is 1.27 bits per heavy atom. The largest absolute Gasteiger partial charge is 0.488 e. The molecule has 1 unspecified atom stereocenters. The standard InChI is InChI=1S/C21H32FN5O2.HI/c1-5-17(28-18-10-7-9-16(22)13-18)14-25-21(23-6-2)24-12-8-11-19-26-20(15(3)4)27-29-19;/h7,9-10,13,15,17H,5-6,8,11-12,14H2,1-4H3,(H2,23,24,25);1H. The number of guanidine groups is 1. The van der Waals surface area contributed by atoms with Crippen LogP contribution in [0, 0.1) is 5.82 Å². The number of benzene rings is 1. The van der Waals surface area contributed by atoms with Gasteiger partial charge >= 0.3 is 0 Å². The third-order valence-corrected chi connectivity index (χ3v) is 4.21. The topological polar surface area (TPSA) is 84.6 Å². The van der Waals surface area contributed by atoms with Crippen molar-refractivity contribution in [1.82, 2.24) is 20.8 Å². The molecule has 30 heavy (non-hydrogen) atoms. The lowest BCUT2D eigenvalue weighted by molar-refractivity contribution is 0.205. The van der Waals surface area contributed by atoms with Crippen LogP contribution in [0.5, 0.6) is 5.75 Å². The number of aliphatic imine (C=N–C) groups is 1. The number of rotatable bonds is 11. The number of aryl methyl sites for hydroxylation is 1. The Hall–Kier alpha value is -1.91. The van der Waals surface area contributed by atoms with Crippen molar-refractivity contribution in [2.45, 2.75) is 59.0 Å². The second kappa shape index (κ2) is 14.2. The van der Waals surface area contributed by atoms with Crippen molar-refractivity contribution in [3.8, 4) is 5.75 Å². The van der Waals surface area contributed by atoms with Gasteiger partial charge < -0.3 is 19.9 Å². The molecule has 1 aromatic heterocycles. The molecule has 0 fully saturated rings. The lowest BCUT2D eigenvalue weighted by Gasteiger charge is -2.17. The summed E-state index contributed by atoms with van der Waals surface area (Å²) in [6.07, 6.45) is 2.21. The van der Waals surface area contributed by atoms with E-state index in [1.165, 1.54) is 12.1 Å². The number of nitrogens with zero attached hydrogens (tertiary/aromatic N) is 3. The van der Waals surface area contributed by atoms with Crippen LogP contribution in [0.25, 0.3) is 0 Å². The predicted molar refractivity (Wildman–Crippen MR) is 127 cm³/mol. The zero-order valence-electron chi connectivity index (χ0n) is 18.2. The molecule has 1 heterocycles. The van der Waals surface area contributed by atoms with Crippen LogP contribution in [0.3, 0.4) is 0 Å². The molecule has 0 aliphatic heterocycles. The zero-order valence-corrected chi connectivity index (χ0v) is 20.5. The molecule has 9 heteroatoms. The molecule has 2 rings (SSSR count). The Morgan fingerprint density at radius 2 is 2.07 bits per heavy atom. The van der Waals surface area contributed by atoms with Gasteiger partial charge in [-0.1, -0.05) is 32.0 Å². The van der Waals surface area contributed by atoms with Gasteiger partial charge in [0.2, 0.25) is 5.89 Å². The van der Waals surface area contributed by atoms with Crippen LogP contribution in [-0.4, -0.2) is 41.8 Å². The molecule has 1 aromatic carbocycles. The fourth-order valence-electron chi connectivity index (χ4n) is 2.57. The Morgan fingerprint density at radius 3 is 2.70 bits per heavy atom. The number of hydrogen-bond donors (Lipinski definition) is 2. The Balaban J connectivity index is 0.00000450. The SMILES string of the molecule is CCNC(=NCC(CC)Oc1cccc(F)c1)NCCCc1nc(C(C)C)no1.I. The number of aromatic nitrogens is 2. The van der Waals surface area contributed by atoms with E-state index in [1.807, 2.05) is 27.7 Å². The van der Waals surface area contributed by atoms with Crippen LogP contribution < -0.4 is 15.4 Å². The highest BCUT2D eigenvalue weighted by atomic mass is 127. The summed E-state index contributed by atoms with van der Waals surface area (Å²) in [6, 6.07) is 6.18. The highest BCUT2D eigenvalue weighted by molar-refractivity contribution is 14.0.